The molecule has 2 aliphatic rings. The maximum Gasteiger partial charge on any atom is 0.221 e. The Morgan fingerprint density at radius 1 is 1.03 bits per heavy atom. The molecule has 4 aromatic rings. The molecule has 0 amide bonds. The summed E-state index contributed by atoms with van der Waals surface area (Å²) in [6.45, 7) is 8.98. The van der Waals surface area contributed by atoms with Crippen LogP contribution in [0.25, 0.3) is 28.1 Å². The number of hydrogen-bond acceptors (Lipinski definition) is 4. The average molecular weight is 425 g/mol. The van der Waals surface area contributed by atoms with Crippen LogP contribution in [-0.2, 0) is 5.41 Å². The Labute approximate surface area is 186 Å². The lowest BCUT2D eigenvalue weighted by Crippen LogP contribution is -2.13. The van der Waals surface area contributed by atoms with Gasteiger partial charge >= 0.3 is 0 Å². The van der Waals surface area contributed by atoms with Crippen molar-refractivity contribution in [1.82, 2.24) is 9.97 Å². The predicted octanol–water partition coefficient (Wildman–Crippen LogP) is 7.21. The van der Waals surface area contributed by atoms with E-state index < -0.39 is 0 Å². The monoisotopic (exact) mass is 424 g/mol. The van der Waals surface area contributed by atoms with Crippen LogP contribution in [0.1, 0.15) is 59.9 Å². The molecule has 0 saturated carbocycles. The zero-order valence-electron chi connectivity index (χ0n) is 18.1. The third kappa shape index (κ3) is 2.78. The second-order valence-electron chi connectivity index (χ2n) is 9.56. The van der Waals surface area contributed by atoms with Crippen LogP contribution in [0.3, 0.4) is 0 Å². The third-order valence-corrected chi connectivity index (χ3v) is 7.56. The molecule has 0 N–H and O–H groups in total. The van der Waals surface area contributed by atoms with Crippen molar-refractivity contribution in [3.05, 3.63) is 81.3 Å². The van der Waals surface area contributed by atoms with E-state index >= 15 is 0 Å². The lowest BCUT2D eigenvalue weighted by molar-refractivity contribution is 0.216. The SMILES string of the molecule is Cc1csc2c1C1Oc3ncnc(-c4cc(C(C)(C)C)c5ccccc5c4)c3C1C=C2. The first-order valence-corrected chi connectivity index (χ1v) is 11.6. The summed E-state index contributed by atoms with van der Waals surface area (Å²) >= 11 is 1.78. The largest absolute Gasteiger partial charge is 0.468 e. The highest BCUT2D eigenvalue weighted by molar-refractivity contribution is 7.11. The lowest BCUT2D eigenvalue weighted by Gasteiger charge is -2.24. The molecule has 3 heterocycles. The topological polar surface area (TPSA) is 35.0 Å². The molecule has 31 heavy (non-hydrogen) atoms. The standard InChI is InChI=1S/C27H24N2OS/c1-15-13-31-21-10-9-19-23-24(28-14-29-26(23)30-25(19)22(15)21)17-11-16-7-5-6-8-18(16)20(12-17)27(2,3)4/h5-14,19,25H,1-4H3. The zero-order valence-corrected chi connectivity index (χ0v) is 19.0. The van der Waals surface area contributed by atoms with E-state index in [1.807, 2.05) is 0 Å². The molecule has 6 rings (SSSR count). The third-order valence-electron chi connectivity index (χ3n) is 6.48. The van der Waals surface area contributed by atoms with Crippen LogP contribution in [-0.4, -0.2) is 9.97 Å². The Morgan fingerprint density at radius 3 is 2.71 bits per heavy atom. The molecule has 1 aliphatic heterocycles. The van der Waals surface area contributed by atoms with Crippen LogP contribution in [0.4, 0.5) is 0 Å². The molecule has 2 aromatic heterocycles. The summed E-state index contributed by atoms with van der Waals surface area (Å²) in [5.74, 6) is 0.852. The highest BCUT2D eigenvalue weighted by Gasteiger charge is 2.41. The average Bonchev–Trinajstić information content (AvgIpc) is 3.32. The number of rotatable bonds is 1. The maximum atomic E-state index is 6.43. The van der Waals surface area contributed by atoms with Crippen LogP contribution < -0.4 is 4.74 Å². The first kappa shape index (κ1) is 18.8. The van der Waals surface area contributed by atoms with Gasteiger partial charge < -0.3 is 4.74 Å². The minimum atomic E-state index is -0.0146. The van der Waals surface area contributed by atoms with E-state index in [1.165, 1.54) is 32.3 Å². The number of thiophene rings is 1. The molecule has 1 aliphatic carbocycles. The van der Waals surface area contributed by atoms with Crippen LogP contribution in [0.2, 0.25) is 0 Å². The van der Waals surface area contributed by atoms with Crippen LogP contribution >= 0.6 is 11.3 Å². The number of benzene rings is 2. The minimum absolute atomic E-state index is 0.0146. The number of nitrogens with zero attached hydrogens (tertiary/aromatic N) is 2. The summed E-state index contributed by atoms with van der Waals surface area (Å²) in [6.07, 6.45) is 6.14. The van der Waals surface area contributed by atoms with Crippen molar-refractivity contribution >= 4 is 28.2 Å². The normalized spacial score (nSPS) is 19.1. The van der Waals surface area contributed by atoms with Crippen molar-refractivity contribution in [2.75, 3.05) is 0 Å². The predicted molar refractivity (Wildman–Crippen MR) is 128 cm³/mol. The first-order valence-electron chi connectivity index (χ1n) is 10.7. The lowest BCUT2D eigenvalue weighted by atomic mass is 9.81. The molecule has 0 bridgehead atoms. The van der Waals surface area contributed by atoms with Crippen molar-refractivity contribution in [2.45, 2.75) is 45.1 Å². The number of hydrogen-bond donors (Lipinski definition) is 0. The van der Waals surface area contributed by atoms with Gasteiger partial charge in [-0.05, 0) is 57.8 Å². The molecule has 2 unspecified atom stereocenters. The number of fused-ring (bicyclic) bond motifs is 6. The number of ether oxygens (including phenoxy) is 1. The van der Waals surface area contributed by atoms with Crippen molar-refractivity contribution in [2.24, 2.45) is 0 Å². The Hall–Kier alpha value is -2.98. The van der Waals surface area contributed by atoms with Gasteiger partial charge in [0.15, 0.2) is 0 Å². The van der Waals surface area contributed by atoms with Crippen LogP contribution in [0, 0.1) is 6.92 Å². The Bertz CT molecular complexity index is 1380. The minimum Gasteiger partial charge on any atom is -0.468 e. The molecular formula is C27H24N2OS. The van der Waals surface area contributed by atoms with E-state index in [1.54, 1.807) is 17.7 Å². The van der Waals surface area contributed by atoms with Gasteiger partial charge in [0.2, 0.25) is 5.88 Å². The van der Waals surface area contributed by atoms with Gasteiger partial charge in [0, 0.05) is 16.0 Å². The van der Waals surface area contributed by atoms with E-state index in [2.05, 4.69) is 86.6 Å². The quantitative estimate of drug-likeness (QED) is 0.324. The summed E-state index contributed by atoms with van der Waals surface area (Å²) in [4.78, 5) is 10.6. The van der Waals surface area contributed by atoms with Gasteiger partial charge in [0.25, 0.3) is 0 Å². The molecule has 0 radical (unpaired) electrons. The van der Waals surface area contributed by atoms with Crippen molar-refractivity contribution < 1.29 is 4.74 Å². The Morgan fingerprint density at radius 2 is 1.87 bits per heavy atom. The molecule has 0 saturated heterocycles. The van der Waals surface area contributed by atoms with E-state index in [4.69, 9.17) is 9.72 Å². The van der Waals surface area contributed by atoms with Crippen LogP contribution in [0.15, 0.2) is 54.2 Å². The summed E-state index contributed by atoms with van der Waals surface area (Å²) in [6, 6.07) is 13.2. The fourth-order valence-corrected chi connectivity index (χ4v) is 6.00. The Balaban J connectivity index is 1.57. The molecule has 2 aromatic carbocycles. The van der Waals surface area contributed by atoms with E-state index in [-0.39, 0.29) is 17.4 Å². The Kier molecular flexibility index (Phi) is 3.94. The van der Waals surface area contributed by atoms with Crippen molar-refractivity contribution in [3.63, 3.8) is 0 Å². The summed E-state index contributed by atoms with van der Waals surface area (Å²) in [7, 11) is 0. The van der Waals surface area contributed by atoms with E-state index in [9.17, 15) is 0 Å². The molecule has 4 heteroatoms. The summed E-state index contributed by atoms with van der Waals surface area (Å²) in [5.41, 5.74) is 7.17. The molecule has 154 valence electrons. The van der Waals surface area contributed by atoms with Gasteiger partial charge in [-0.2, -0.15) is 0 Å². The highest BCUT2D eigenvalue weighted by atomic mass is 32.1. The highest BCUT2D eigenvalue weighted by Crippen LogP contribution is 2.53. The van der Waals surface area contributed by atoms with Gasteiger partial charge in [0.1, 0.15) is 12.4 Å². The van der Waals surface area contributed by atoms with E-state index in [0.29, 0.717) is 5.88 Å². The summed E-state index contributed by atoms with van der Waals surface area (Å²) in [5, 5.41) is 4.76. The van der Waals surface area contributed by atoms with Gasteiger partial charge in [-0.3, -0.25) is 0 Å². The summed E-state index contributed by atoms with van der Waals surface area (Å²) < 4.78 is 6.43. The molecule has 0 fully saturated rings. The van der Waals surface area contributed by atoms with Gasteiger partial charge in [-0.15, -0.1) is 11.3 Å². The zero-order chi connectivity index (χ0) is 21.3. The molecular weight excluding hydrogens is 400 g/mol. The number of aryl methyl sites for hydroxylation is 1. The first-order chi connectivity index (χ1) is 14.9. The fraction of sp³-hybridized carbons (Fsp3) is 0.259. The van der Waals surface area contributed by atoms with Crippen molar-refractivity contribution in [1.29, 1.82) is 0 Å². The molecule has 2 atom stereocenters. The van der Waals surface area contributed by atoms with Gasteiger partial charge in [-0.1, -0.05) is 51.1 Å². The molecule has 3 nitrogen and oxygen atoms in total. The van der Waals surface area contributed by atoms with Crippen LogP contribution in [0.5, 0.6) is 5.88 Å². The van der Waals surface area contributed by atoms with E-state index in [0.717, 1.165) is 16.8 Å². The second-order valence-corrected chi connectivity index (χ2v) is 10.5. The maximum absolute atomic E-state index is 6.43. The van der Waals surface area contributed by atoms with Gasteiger partial charge in [-0.25, -0.2) is 9.97 Å². The fourth-order valence-electron chi connectivity index (χ4n) is 5.01. The second kappa shape index (κ2) is 6.51. The molecule has 0 spiro atoms. The number of aromatic nitrogens is 2. The van der Waals surface area contributed by atoms with Gasteiger partial charge in [0.05, 0.1) is 17.2 Å². The smallest absolute Gasteiger partial charge is 0.221 e. The van der Waals surface area contributed by atoms with Crippen molar-refractivity contribution in [3.8, 4) is 17.1 Å².